The Balaban J connectivity index is 2.64. The highest BCUT2D eigenvalue weighted by molar-refractivity contribution is 7.99. The van der Waals surface area contributed by atoms with Gasteiger partial charge in [-0.25, -0.2) is 4.79 Å². The van der Waals surface area contributed by atoms with Crippen molar-refractivity contribution < 1.29 is 23.9 Å². The summed E-state index contributed by atoms with van der Waals surface area (Å²) in [5.41, 5.74) is -0.629. The molecular weight excluding hydrogens is 308 g/mol. The highest BCUT2D eigenvalue weighted by atomic mass is 32.2. The molecule has 0 aliphatic carbocycles. The van der Waals surface area contributed by atoms with Crippen LogP contribution in [0.3, 0.4) is 0 Å². The van der Waals surface area contributed by atoms with Gasteiger partial charge in [0.15, 0.2) is 0 Å². The van der Waals surface area contributed by atoms with Crippen molar-refractivity contribution in [1.82, 2.24) is 10.2 Å². The van der Waals surface area contributed by atoms with Crippen LogP contribution < -0.4 is 5.32 Å². The lowest BCUT2D eigenvalue weighted by molar-refractivity contribution is -0.149. The van der Waals surface area contributed by atoms with Gasteiger partial charge in [-0.2, -0.15) is 11.8 Å². The van der Waals surface area contributed by atoms with E-state index in [1.165, 1.54) is 4.90 Å². The number of rotatable bonds is 4. The van der Waals surface area contributed by atoms with Gasteiger partial charge >= 0.3 is 12.1 Å². The largest absolute Gasteiger partial charge is 0.465 e. The number of carbonyl (C=O) groups excluding carboxylic acids is 3. The first-order chi connectivity index (χ1) is 10.2. The van der Waals surface area contributed by atoms with E-state index in [2.05, 4.69) is 5.32 Å². The number of carbonyl (C=O) groups is 3. The lowest BCUT2D eigenvalue weighted by Crippen LogP contribution is -2.51. The monoisotopic (exact) mass is 332 g/mol. The van der Waals surface area contributed by atoms with Crippen LogP contribution in [0.15, 0.2) is 0 Å². The molecule has 1 atom stereocenters. The van der Waals surface area contributed by atoms with Crippen LogP contribution in [0.4, 0.5) is 4.79 Å². The van der Waals surface area contributed by atoms with E-state index < -0.39 is 23.7 Å². The predicted molar refractivity (Wildman–Crippen MR) is 83.7 cm³/mol. The first-order valence-electron chi connectivity index (χ1n) is 7.24. The maximum absolute atomic E-state index is 12.4. The van der Waals surface area contributed by atoms with Crippen molar-refractivity contribution >= 4 is 29.7 Å². The maximum Gasteiger partial charge on any atom is 0.408 e. The molecule has 1 aliphatic rings. The topological polar surface area (TPSA) is 84.9 Å². The molecule has 1 fully saturated rings. The van der Waals surface area contributed by atoms with Crippen molar-refractivity contribution in [2.45, 2.75) is 39.3 Å². The molecule has 1 aliphatic heterocycles. The van der Waals surface area contributed by atoms with Crippen LogP contribution in [0.1, 0.15) is 27.7 Å². The minimum Gasteiger partial charge on any atom is -0.465 e. The molecule has 2 amide bonds. The van der Waals surface area contributed by atoms with Gasteiger partial charge in [-0.05, 0) is 27.7 Å². The molecule has 22 heavy (non-hydrogen) atoms. The third kappa shape index (κ3) is 6.55. The summed E-state index contributed by atoms with van der Waals surface area (Å²) in [7, 11) is 0. The van der Waals surface area contributed by atoms with E-state index in [0.717, 1.165) is 0 Å². The summed E-state index contributed by atoms with van der Waals surface area (Å²) in [6.45, 7) is 7.60. The fourth-order valence-corrected chi connectivity index (χ4v) is 2.83. The van der Waals surface area contributed by atoms with Crippen LogP contribution in [0, 0.1) is 0 Å². The van der Waals surface area contributed by atoms with Crippen molar-refractivity contribution in [3.8, 4) is 0 Å². The molecule has 0 saturated carbocycles. The minimum absolute atomic E-state index is 0.0975. The second-order valence-corrected chi connectivity index (χ2v) is 6.99. The number of alkyl carbamates (subject to hydrolysis) is 1. The van der Waals surface area contributed by atoms with E-state index >= 15 is 0 Å². The molecule has 126 valence electrons. The Labute approximate surface area is 135 Å². The maximum atomic E-state index is 12.4. The lowest BCUT2D eigenvalue weighted by Gasteiger charge is -2.25. The van der Waals surface area contributed by atoms with Gasteiger partial charge < -0.3 is 19.7 Å². The van der Waals surface area contributed by atoms with Crippen molar-refractivity contribution in [3.63, 3.8) is 0 Å². The zero-order chi connectivity index (χ0) is 16.8. The number of esters is 1. The molecule has 0 bridgehead atoms. The summed E-state index contributed by atoms with van der Waals surface area (Å²) in [5.74, 6) is 0.428. The second kappa shape index (κ2) is 8.26. The van der Waals surface area contributed by atoms with Gasteiger partial charge in [-0.15, -0.1) is 0 Å². The summed E-state index contributed by atoms with van der Waals surface area (Å²) < 4.78 is 10.0. The second-order valence-electron chi connectivity index (χ2n) is 5.84. The SMILES string of the molecule is CCOC(=O)CN1CCSC[C@H](NC(=O)OC(C)(C)C)C1=O. The number of nitrogens with one attached hydrogen (secondary N) is 1. The van der Waals surface area contributed by atoms with Crippen molar-refractivity contribution in [2.75, 3.05) is 31.2 Å². The van der Waals surface area contributed by atoms with Gasteiger partial charge in [0.25, 0.3) is 0 Å². The molecule has 0 radical (unpaired) electrons. The van der Waals surface area contributed by atoms with Crippen molar-refractivity contribution in [1.29, 1.82) is 0 Å². The number of amides is 2. The quantitative estimate of drug-likeness (QED) is 0.774. The molecule has 7 nitrogen and oxygen atoms in total. The molecule has 1 rings (SSSR count). The fourth-order valence-electron chi connectivity index (χ4n) is 1.85. The zero-order valence-corrected chi connectivity index (χ0v) is 14.3. The molecular formula is C14H24N2O5S. The molecule has 1 N–H and O–H groups in total. The van der Waals surface area contributed by atoms with E-state index in [9.17, 15) is 14.4 Å². The summed E-state index contributed by atoms with van der Waals surface area (Å²) in [6, 6.07) is -0.697. The summed E-state index contributed by atoms with van der Waals surface area (Å²) in [5, 5.41) is 2.58. The van der Waals surface area contributed by atoms with Crippen LogP contribution in [-0.2, 0) is 19.1 Å². The molecule has 0 aromatic heterocycles. The van der Waals surface area contributed by atoms with Gasteiger partial charge in [-0.3, -0.25) is 9.59 Å². The van der Waals surface area contributed by atoms with Gasteiger partial charge in [-0.1, -0.05) is 0 Å². The summed E-state index contributed by atoms with van der Waals surface area (Å²) >= 11 is 1.55. The first-order valence-corrected chi connectivity index (χ1v) is 8.40. The van der Waals surface area contributed by atoms with E-state index in [-0.39, 0.29) is 19.1 Å². The Bertz CT molecular complexity index is 422. The smallest absolute Gasteiger partial charge is 0.408 e. The van der Waals surface area contributed by atoms with Gasteiger partial charge in [0.05, 0.1) is 6.61 Å². The number of nitrogens with zero attached hydrogens (tertiary/aromatic N) is 1. The molecule has 0 unspecified atom stereocenters. The van der Waals surface area contributed by atoms with Crippen LogP contribution in [0.25, 0.3) is 0 Å². The van der Waals surface area contributed by atoms with Gasteiger partial charge in [0, 0.05) is 18.1 Å². The standard InChI is InChI=1S/C14H24N2O5S/c1-5-20-11(17)8-16-6-7-22-9-10(12(16)18)15-13(19)21-14(2,3)4/h10H,5-9H2,1-4H3,(H,15,19)/t10-/m0/s1. The minimum atomic E-state index is -0.697. The Morgan fingerprint density at radius 2 is 2.09 bits per heavy atom. The van der Waals surface area contributed by atoms with E-state index in [0.29, 0.717) is 18.1 Å². The molecule has 0 aromatic rings. The summed E-state index contributed by atoms with van der Waals surface area (Å²) in [4.78, 5) is 37.2. The van der Waals surface area contributed by atoms with Crippen molar-refractivity contribution in [2.24, 2.45) is 0 Å². The zero-order valence-electron chi connectivity index (χ0n) is 13.5. The van der Waals surface area contributed by atoms with Crippen LogP contribution in [-0.4, -0.2) is 65.7 Å². The highest BCUT2D eigenvalue weighted by Gasteiger charge is 2.31. The third-order valence-electron chi connectivity index (χ3n) is 2.72. The molecule has 1 saturated heterocycles. The highest BCUT2D eigenvalue weighted by Crippen LogP contribution is 2.14. The third-order valence-corrected chi connectivity index (χ3v) is 3.76. The average molecular weight is 332 g/mol. The molecule has 0 spiro atoms. The van der Waals surface area contributed by atoms with E-state index in [1.807, 2.05) is 0 Å². The van der Waals surface area contributed by atoms with Gasteiger partial charge in [0.1, 0.15) is 18.2 Å². The first kappa shape index (κ1) is 18.6. The number of hydrogen-bond donors (Lipinski definition) is 1. The van der Waals surface area contributed by atoms with Crippen LogP contribution >= 0.6 is 11.8 Å². The Morgan fingerprint density at radius 1 is 1.41 bits per heavy atom. The predicted octanol–water partition coefficient (Wildman–Crippen LogP) is 1.02. The number of hydrogen-bond acceptors (Lipinski definition) is 6. The fraction of sp³-hybridized carbons (Fsp3) is 0.786. The average Bonchev–Trinajstić information content (AvgIpc) is 2.52. The van der Waals surface area contributed by atoms with E-state index in [4.69, 9.17) is 9.47 Å². The Hall–Kier alpha value is -1.44. The van der Waals surface area contributed by atoms with Crippen LogP contribution in [0.5, 0.6) is 0 Å². The van der Waals surface area contributed by atoms with E-state index in [1.54, 1.807) is 39.5 Å². The van der Waals surface area contributed by atoms with Crippen LogP contribution in [0.2, 0.25) is 0 Å². The Kier molecular flexibility index (Phi) is 6.99. The summed E-state index contributed by atoms with van der Waals surface area (Å²) in [6.07, 6.45) is -0.635. The lowest BCUT2D eigenvalue weighted by atomic mass is 10.2. The normalized spacial score (nSPS) is 19.4. The van der Waals surface area contributed by atoms with Crippen molar-refractivity contribution in [3.05, 3.63) is 0 Å². The molecule has 0 aromatic carbocycles. The van der Waals surface area contributed by atoms with Gasteiger partial charge in [0.2, 0.25) is 5.91 Å². The molecule has 1 heterocycles. The molecule has 8 heteroatoms. The number of thioether (sulfide) groups is 1. The Morgan fingerprint density at radius 3 is 2.68 bits per heavy atom. The number of ether oxygens (including phenoxy) is 2.